The van der Waals surface area contributed by atoms with Gasteiger partial charge < -0.3 is 5.32 Å². The first kappa shape index (κ1) is 8.30. The van der Waals surface area contributed by atoms with E-state index in [2.05, 4.69) is 17.4 Å². The molecule has 1 N–H and O–H groups in total. The van der Waals surface area contributed by atoms with Crippen LogP contribution in [0, 0.1) is 0 Å². The zero-order valence-electron chi connectivity index (χ0n) is 7.76. The van der Waals surface area contributed by atoms with Crippen LogP contribution in [0.3, 0.4) is 0 Å². The van der Waals surface area contributed by atoms with Crippen molar-refractivity contribution in [1.29, 1.82) is 0 Å². The standard InChI is InChI=1S/C11H13NO/c1-12-10-4-2-9-7-11(13)5-3-8(9)6-10/h2,4,6,12H,3,5,7H2,1H3. The Bertz CT molecular complexity index is 344. The van der Waals surface area contributed by atoms with Crippen molar-refractivity contribution in [1.82, 2.24) is 0 Å². The number of rotatable bonds is 1. The Kier molecular flexibility index (Phi) is 2.05. The normalized spacial score (nSPS) is 15.3. The van der Waals surface area contributed by atoms with Gasteiger partial charge in [0.25, 0.3) is 0 Å². The fourth-order valence-electron chi connectivity index (χ4n) is 1.76. The third kappa shape index (κ3) is 1.57. The van der Waals surface area contributed by atoms with E-state index in [1.807, 2.05) is 13.1 Å². The lowest BCUT2D eigenvalue weighted by Crippen LogP contribution is -2.13. The Balaban J connectivity index is 2.36. The number of anilines is 1. The number of fused-ring (bicyclic) bond motifs is 1. The first-order valence-electron chi connectivity index (χ1n) is 4.61. The predicted octanol–water partition coefficient (Wildman–Crippen LogP) is 1.79. The van der Waals surface area contributed by atoms with Crippen LogP contribution in [-0.2, 0) is 17.6 Å². The van der Waals surface area contributed by atoms with E-state index in [-0.39, 0.29) is 0 Å². The minimum atomic E-state index is 0.365. The molecular formula is C11H13NO. The number of hydrogen-bond donors (Lipinski definition) is 1. The van der Waals surface area contributed by atoms with Crippen molar-refractivity contribution in [2.75, 3.05) is 12.4 Å². The quantitative estimate of drug-likeness (QED) is 0.705. The van der Waals surface area contributed by atoms with E-state index in [9.17, 15) is 4.79 Å². The molecule has 0 atom stereocenters. The molecule has 68 valence electrons. The van der Waals surface area contributed by atoms with Gasteiger partial charge in [0.05, 0.1) is 0 Å². The lowest BCUT2D eigenvalue weighted by molar-refractivity contribution is -0.118. The molecule has 0 spiro atoms. The van der Waals surface area contributed by atoms with Gasteiger partial charge in [0.2, 0.25) is 0 Å². The van der Waals surface area contributed by atoms with Gasteiger partial charge >= 0.3 is 0 Å². The van der Waals surface area contributed by atoms with Gasteiger partial charge in [-0.15, -0.1) is 0 Å². The molecule has 13 heavy (non-hydrogen) atoms. The van der Waals surface area contributed by atoms with E-state index >= 15 is 0 Å². The number of hydrogen-bond acceptors (Lipinski definition) is 2. The van der Waals surface area contributed by atoms with E-state index < -0.39 is 0 Å². The molecule has 0 radical (unpaired) electrons. The SMILES string of the molecule is CNc1ccc2c(c1)CCC(=O)C2. The minimum absolute atomic E-state index is 0.365. The fourth-order valence-corrected chi connectivity index (χ4v) is 1.76. The average Bonchev–Trinajstić information content (AvgIpc) is 2.17. The highest BCUT2D eigenvalue weighted by molar-refractivity contribution is 5.83. The van der Waals surface area contributed by atoms with Gasteiger partial charge in [-0.05, 0) is 29.7 Å². The molecule has 2 rings (SSSR count). The maximum atomic E-state index is 11.2. The number of nitrogens with one attached hydrogen (secondary N) is 1. The monoisotopic (exact) mass is 175 g/mol. The maximum absolute atomic E-state index is 11.2. The van der Waals surface area contributed by atoms with Crippen LogP contribution in [0.25, 0.3) is 0 Å². The molecule has 0 aromatic heterocycles. The van der Waals surface area contributed by atoms with Crippen LogP contribution in [0.15, 0.2) is 18.2 Å². The molecule has 0 fully saturated rings. The van der Waals surface area contributed by atoms with Gasteiger partial charge in [-0.3, -0.25) is 4.79 Å². The number of aryl methyl sites for hydroxylation is 1. The molecule has 1 aliphatic rings. The first-order chi connectivity index (χ1) is 6.29. The number of benzene rings is 1. The van der Waals surface area contributed by atoms with Crippen molar-refractivity contribution in [3.8, 4) is 0 Å². The molecule has 1 aromatic carbocycles. The van der Waals surface area contributed by atoms with Crippen LogP contribution >= 0.6 is 0 Å². The Morgan fingerprint density at radius 3 is 2.85 bits per heavy atom. The van der Waals surface area contributed by atoms with Crippen molar-refractivity contribution in [2.45, 2.75) is 19.3 Å². The molecule has 0 saturated carbocycles. The second-order valence-electron chi connectivity index (χ2n) is 3.45. The Morgan fingerprint density at radius 2 is 2.08 bits per heavy atom. The van der Waals surface area contributed by atoms with Crippen LogP contribution in [-0.4, -0.2) is 12.8 Å². The van der Waals surface area contributed by atoms with Crippen molar-refractivity contribution >= 4 is 11.5 Å². The maximum Gasteiger partial charge on any atom is 0.137 e. The number of carbonyl (C=O) groups excluding carboxylic acids is 1. The summed E-state index contributed by atoms with van der Waals surface area (Å²) < 4.78 is 0. The largest absolute Gasteiger partial charge is 0.388 e. The summed E-state index contributed by atoms with van der Waals surface area (Å²) in [7, 11) is 1.91. The average molecular weight is 175 g/mol. The molecule has 1 aromatic rings. The van der Waals surface area contributed by atoms with Crippen molar-refractivity contribution < 1.29 is 4.79 Å². The van der Waals surface area contributed by atoms with Crippen molar-refractivity contribution in [3.63, 3.8) is 0 Å². The predicted molar refractivity (Wildman–Crippen MR) is 53.0 cm³/mol. The molecule has 0 amide bonds. The van der Waals surface area contributed by atoms with Gasteiger partial charge in [0.1, 0.15) is 5.78 Å². The second kappa shape index (κ2) is 3.21. The molecular weight excluding hydrogens is 162 g/mol. The van der Waals surface area contributed by atoms with Gasteiger partial charge in [-0.25, -0.2) is 0 Å². The Hall–Kier alpha value is -1.31. The minimum Gasteiger partial charge on any atom is -0.388 e. The second-order valence-corrected chi connectivity index (χ2v) is 3.45. The van der Waals surface area contributed by atoms with Gasteiger partial charge in [0.15, 0.2) is 0 Å². The molecule has 1 aliphatic carbocycles. The third-order valence-electron chi connectivity index (χ3n) is 2.56. The van der Waals surface area contributed by atoms with Crippen LogP contribution in [0.2, 0.25) is 0 Å². The molecule has 2 nitrogen and oxygen atoms in total. The Labute approximate surface area is 78.0 Å². The Morgan fingerprint density at radius 1 is 1.23 bits per heavy atom. The fraction of sp³-hybridized carbons (Fsp3) is 0.364. The van der Waals surface area contributed by atoms with E-state index in [4.69, 9.17) is 0 Å². The van der Waals surface area contributed by atoms with Gasteiger partial charge in [0, 0.05) is 25.6 Å². The van der Waals surface area contributed by atoms with E-state index in [0.29, 0.717) is 18.6 Å². The summed E-state index contributed by atoms with van der Waals surface area (Å²) in [6.07, 6.45) is 2.24. The smallest absolute Gasteiger partial charge is 0.137 e. The highest BCUT2D eigenvalue weighted by Crippen LogP contribution is 2.22. The summed E-state index contributed by atoms with van der Waals surface area (Å²) in [5.41, 5.74) is 3.66. The number of carbonyl (C=O) groups is 1. The molecule has 0 aliphatic heterocycles. The zero-order chi connectivity index (χ0) is 9.26. The van der Waals surface area contributed by atoms with E-state index in [1.165, 1.54) is 11.1 Å². The van der Waals surface area contributed by atoms with Crippen LogP contribution in [0.1, 0.15) is 17.5 Å². The first-order valence-corrected chi connectivity index (χ1v) is 4.61. The molecule has 0 unspecified atom stereocenters. The molecule has 0 saturated heterocycles. The zero-order valence-corrected chi connectivity index (χ0v) is 7.76. The lowest BCUT2D eigenvalue weighted by Gasteiger charge is -2.15. The highest BCUT2D eigenvalue weighted by Gasteiger charge is 2.14. The van der Waals surface area contributed by atoms with Crippen molar-refractivity contribution in [3.05, 3.63) is 29.3 Å². The van der Waals surface area contributed by atoms with Crippen LogP contribution < -0.4 is 5.32 Å². The summed E-state index contributed by atoms with van der Waals surface area (Å²) in [6, 6.07) is 6.22. The van der Waals surface area contributed by atoms with Gasteiger partial charge in [-0.1, -0.05) is 6.07 Å². The summed E-state index contributed by atoms with van der Waals surface area (Å²) in [5.74, 6) is 0.365. The summed E-state index contributed by atoms with van der Waals surface area (Å²) >= 11 is 0. The lowest BCUT2D eigenvalue weighted by atomic mass is 9.90. The van der Waals surface area contributed by atoms with E-state index in [0.717, 1.165) is 12.1 Å². The molecule has 0 heterocycles. The third-order valence-corrected chi connectivity index (χ3v) is 2.56. The van der Waals surface area contributed by atoms with Crippen molar-refractivity contribution in [2.24, 2.45) is 0 Å². The number of ketones is 1. The summed E-state index contributed by atoms with van der Waals surface area (Å²) in [4.78, 5) is 11.2. The topological polar surface area (TPSA) is 29.1 Å². The summed E-state index contributed by atoms with van der Waals surface area (Å²) in [5, 5.41) is 3.10. The molecule has 2 heteroatoms. The number of Topliss-reactive ketones (excluding diaryl/α,β-unsaturated/α-hetero) is 1. The summed E-state index contributed by atoms with van der Waals surface area (Å²) in [6.45, 7) is 0. The van der Waals surface area contributed by atoms with E-state index in [1.54, 1.807) is 0 Å². The van der Waals surface area contributed by atoms with Crippen LogP contribution in [0.5, 0.6) is 0 Å². The highest BCUT2D eigenvalue weighted by atomic mass is 16.1. The van der Waals surface area contributed by atoms with Crippen LogP contribution in [0.4, 0.5) is 5.69 Å². The van der Waals surface area contributed by atoms with Gasteiger partial charge in [-0.2, -0.15) is 0 Å². The molecule has 0 bridgehead atoms.